The zero-order valence-corrected chi connectivity index (χ0v) is 14.8. The standard InChI is InChI=1S/C21H15F3N2O2/c1-2-20(16-7-9-17(10-8-16)21(22,23)24)11-15(13-26-20)19(27)28-18-6-4-3-5-14(18)12-25/h3-11,13H,2H2,1H3. The Hall–Kier alpha value is -3.40. The van der Waals surface area contributed by atoms with Gasteiger partial charge in [0.2, 0.25) is 0 Å². The number of para-hydroxylation sites is 1. The van der Waals surface area contributed by atoms with Crippen molar-refractivity contribution in [3.05, 3.63) is 76.9 Å². The van der Waals surface area contributed by atoms with Crippen molar-refractivity contribution in [3.63, 3.8) is 0 Å². The summed E-state index contributed by atoms with van der Waals surface area (Å²) in [6.45, 7) is 1.82. The summed E-state index contributed by atoms with van der Waals surface area (Å²) in [7, 11) is 0. The number of esters is 1. The number of nitrogens with zero attached hydrogens (tertiary/aromatic N) is 2. The van der Waals surface area contributed by atoms with E-state index in [2.05, 4.69) is 4.99 Å². The highest BCUT2D eigenvalue weighted by molar-refractivity contribution is 6.12. The molecule has 0 aromatic heterocycles. The van der Waals surface area contributed by atoms with Crippen molar-refractivity contribution in [2.45, 2.75) is 25.1 Å². The lowest BCUT2D eigenvalue weighted by atomic mass is 9.87. The molecule has 0 amide bonds. The van der Waals surface area contributed by atoms with Crippen LogP contribution in [0.4, 0.5) is 13.2 Å². The summed E-state index contributed by atoms with van der Waals surface area (Å²) in [5.41, 5.74) is -0.751. The van der Waals surface area contributed by atoms with E-state index in [0.29, 0.717) is 12.0 Å². The fourth-order valence-corrected chi connectivity index (χ4v) is 2.94. The van der Waals surface area contributed by atoms with Crippen LogP contribution in [0.3, 0.4) is 0 Å². The van der Waals surface area contributed by atoms with E-state index in [4.69, 9.17) is 10.00 Å². The summed E-state index contributed by atoms with van der Waals surface area (Å²) < 4.78 is 43.6. The van der Waals surface area contributed by atoms with Crippen molar-refractivity contribution in [3.8, 4) is 11.8 Å². The number of hydrogen-bond acceptors (Lipinski definition) is 4. The molecule has 0 aliphatic carbocycles. The van der Waals surface area contributed by atoms with Crippen LogP contribution < -0.4 is 4.74 Å². The molecule has 7 heteroatoms. The van der Waals surface area contributed by atoms with E-state index in [9.17, 15) is 18.0 Å². The summed E-state index contributed by atoms with van der Waals surface area (Å²) in [5, 5.41) is 9.08. The molecule has 0 fully saturated rings. The van der Waals surface area contributed by atoms with E-state index in [1.165, 1.54) is 30.5 Å². The minimum atomic E-state index is -4.42. The lowest BCUT2D eigenvalue weighted by Crippen LogP contribution is -2.19. The summed E-state index contributed by atoms with van der Waals surface area (Å²) in [6.07, 6.45) is -1.05. The Morgan fingerprint density at radius 1 is 1.18 bits per heavy atom. The largest absolute Gasteiger partial charge is 0.421 e. The first kappa shape index (κ1) is 19.4. The van der Waals surface area contributed by atoms with Gasteiger partial charge in [0.1, 0.15) is 17.4 Å². The number of alkyl halides is 3. The molecule has 0 N–H and O–H groups in total. The van der Waals surface area contributed by atoms with Gasteiger partial charge in [0.15, 0.2) is 0 Å². The van der Waals surface area contributed by atoms with E-state index in [1.807, 2.05) is 13.0 Å². The molecule has 2 aromatic carbocycles. The van der Waals surface area contributed by atoms with Crippen LogP contribution in [-0.2, 0) is 16.5 Å². The molecule has 0 bridgehead atoms. The molecule has 0 radical (unpaired) electrons. The molecule has 1 atom stereocenters. The summed E-state index contributed by atoms with van der Waals surface area (Å²) in [4.78, 5) is 16.8. The van der Waals surface area contributed by atoms with Crippen LogP contribution in [0, 0.1) is 11.3 Å². The second kappa shape index (κ2) is 7.31. The maximum absolute atomic E-state index is 12.8. The van der Waals surface area contributed by atoms with E-state index < -0.39 is 23.2 Å². The van der Waals surface area contributed by atoms with Crippen LogP contribution in [0.5, 0.6) is 5.75 Å². The van der Waals surface area contributed by atoms with Gasteiger partial charge in [-0.25, -0.2) is 4.79 Å². The molecule has 2 aromatic rings. The number of carbonyl (C=O) groups excluding carboxylic acids is 1. The first-order chi connectivity index (χ1) is 13.3. The Morgan fingerprint density at radius 2 is 1.86 bits per heavy atom. The highest BCUT2D eigenvalue weighted by Gasteiger charge is 2.35. The van der Waals surface area contributed by atoms with Gasteiger partial charge in [0.25, 0.3) is 0 Å². The van der Waals surface area contributed by atoms with Crippen LogP contribution in [0.1, 0.15) is 30.0 Å². The van der Waals surface area contributed by atoms with Gasteiger partial charge in [0, 0.05) is 6.21 Å². The van der Waals surface area contributed by atoms with Gasteiger partial charge in [0.05, 0.1) is 16.7 Å². The zero-order chi connectivity index (χ0) is 20.4. The third-order valence-corrected chi connectivity index (χ3v) is 4.53. The van der Waals surface area contributed by atoms with E-state index in [-0.39, 0.29) is 16.9 Å². The number of ether oxygens (including phenoxy) is 1. The quantitative estimate of drug-likeness (QED) is 0.562. The van der Waals surface area contributed by atoms with Gasteiger partial charge in [-0.2, -0.15) is 18.4 Å². The number of benzene rings is 2. The molecule has 0 saturated heterocycles. The van der Waals surface area contributed by atoms with Crippen LogP contribution in [0.15, 0.2) is 65.2 Å². The van der Waals surface area contributed by atoms with E-state index in [0.717, 1.165) is 12.1 Å². The molecular weight excluding hydrogens is 369 g/mol. The van der Waals surface area contributed by atoms with Crippen LogP contribution >= 0.6 is 0 Å². The molecule has 142 valence electrons. The van der Waals surface area contributed by atoms with Crippen molar-refractivity contribution in [2.75, 3.05) is 0 Å². The van der Waals surface area contributed by atoms with Gasteiger partial charge in [-0.15, -0.1) is 0 Å². The van der Waals surface area contributed by atoms with Gasteiger partial charge in [-0.1, -0.05) is 31.2 Å². The minimum Gasteiger partial charge on any atom is -0.421 e. The summed E-state index contributed by atoms with van der Waals surface area (Å²) in [5.74, 6) is -0.554. The van der Waals surface area contributed by atoms with Crippen LogP contribution in [0.25, 0.3) is 0 Å². The van der Waals surface area contributed by atoms with E-state index >= 15 is 0 Å². The predicted octanol–water partition coefficient (Wildman–Crippen LogP) is 4.80. The Labute approximate surface area is 159 Å². The van der Waals surface area contributed by atoms with Crippen molar-refractivity contribution in [2.24, 2.45) is 4.99 Å². The molecule has 1 unspecified atom stereocenters. The normalized spacial score (nSPS) is 18.5. The van der Waals surface area contributed by atoms with Crippen LogP contribution in [-0.4, -0.2) is 12.2 Å². The molecule has 4 nitrogen and oxygen atoms in total. The molecule has 0 saturated carbocycles. The van der Waals surface area contributed by atoms with Crippen molar-refractivity contribution < 1.29 is 22.7 Å². The highest BCUT2D eigenvalue weighted by Crippen LogP contribution is 2.38. The second-order valence-electron chi connectivity index (χ2n) is 6.21. The average molecular weight is 384 g/mol. The van der Waals surface area contributed by atoms with Crippen molar-refractivity contribution in [1.82, 2.24) is 0 Å². The molecule has 0 spiro atoms. The topological polar surface area (TPSA) is 62.5 Å². The van der Waals surface area contributed by atoms with E-state index in [1.54, 1.807) is 18.2 Å². The summed E-state index contributed by atoms with van der Waals surface area (Å²) in [6, 6.07) is 13.0. The smallest absolute Gasteiger partial charge is 0.416 e. The van der Waals surface area contributed by atoms with Crippen LogP contribution in [0.2, 0.25) is 0 Å². The number of rotatable bonds is 4. The van der Waals surface area contributed by atoms with Gasteiger partial charge in [-0.05, 0) is 42.3 Å². The first-order valence-electron chi connectivity index (χ1n) is 8.46. The minimum absolute atomic E-state index is 0.132. The average Bonchev–Trinajstić information content (AvgIpc) is 3.14. The molecule has 1 aliphatic heterocycles. The zero-order valence-electron chi connectivity index (χ0n) is 14.8. The Morgan fingerprint density at radius 3 is 2.46 bits per heavy atom. The molecule has 28 heavy (non-hydrogen) atoms. The molecule has 3 rings (SSSR count). The number of hydrogen-bond donors (Lipinski definition) is 0. The maximum Gasteiger partial charge on any atom is 0.416 e. The third-order valence-electron chi connectivity index (χ3n) is 4.53. The molecule has 1 heterocycles. The van der Waals surface area contributed by atoms with Gasteiger partial charge >= 0.3 is 12.1 Å². The monoisotopic (exact) mass is 384 g/mol. The fourth-order valence-electron chi connectivity index (χ4n) is 2.94. The van der Waals surface area contributed by atoms with Gasteiger partial charge < -0.3 is 4.74 Å². The Kier molecular flexibility index (Phi) is 5.06. The molecule has 1 aliphatic rings. The first-order valence-corrected chi connectivity index (χ1v) is 8.46. The number of carbonyl (C=O) groups is 1. The maximum atomic E-state index is 12.8. The third kappa shape index (κ3) is 3.67. The SMILES string of the molecule is CCC1(c2ccc(C(F)(F)F)cc2)C=C(C(=O)Oc2ccccc2C#N)C=N1. The number of nitriles is 1. The lowest BCUT2D eigenvalue weighted by molar-refractivity contribution is -0.137. The van der Waals surface area contributed by atoms with Gasteiger partial charge in [-0.3, -0.25) is 4.99 Å². The Balaban J connectivity index is 1.87. The second-order valence-corrected chi connectivity index (χ2v) is 6.21. The number of halogens is 3. The fraction of sp³-hybridized carbons (Fsp3) is 0.190. The number of aliphatic imine (C=N–C) groups is 1. The predicted molar refractivity (Wildman–Crippen MR) is 96.8 cm³/mol. The van der Waals surface area contributed by atoms with Crippen molar-refractivity contribution in [1.29, 1.82) is 5.26 Å². The highest BCUT2D eigenvalue weighted by atomic mass is 19.4. The Bertz CT molecular complexity index is 1000. The molecular formula is C21H15F3N2O2. The van der Waals surface area contributed by atoms with Crippen molar-refractivity contribution >= 4 is 12.2 Å². The summed E-state index contributed by atoms with van der Waals surface area (Å²) >= 11 is 0. The lowest BCUT2D eigenvalue weighted by Gasteiger charge is -2.23.